The number of amides is 2. The van der Waals surface area contributed by atoms with E-state index in [9.17, 15) is 9.59 Å². The van der Waals surface area contributed by atoms with E-state index in [-0.39, 0.29) is 42.8 Å². The van der Waals surface area contributed by atoms with Crippen molar-refractivity contribution in [3.05, 3.63) is 0 Å². The third-order valence-corrected chi connectivity index (χ3v) is 3.17. The molecule has 0 aromatic heterocycles. The van der Waals surface area contributed by atoms with Crippen LogP contribution in [0.5, 0.6) is 0 Å². The molecule has 0 bridgehead atoms. The van der Waals surface area contributed by atoms with E-state index >= 15 is 0 Å². The highest BCUT2D eigenvalue weighted by atomic mass is 35.5. The number of nitrogens with two attached hydrogens (primary N) is 1. The van der Waals surface area contributed by atoms with E-state index in [1.807, 2.05) is 0 Å². The summed E-state index contributed by atoms with van der Waals surface area (Å²) < 4.78 is 0. The highest BCUT2D eigenvalue weighted by molar-refractivity contribution is 5.85. The molecule has 20 heavy (non-hydrogen) atoms. The van der Waals surface area contributed by atoms with Crippen molar-refractivity contribution in [3.63, 3.8) is 0 Å². The molecule has 0 radical (unpaired) electrons. The van der Waals surface area contributed by atoms with Crippen LogP contribution in [0.1, 0.15) is 33.1 Å². The van der Waals surface area contributed by atoms with Gasteiger partial charge >= 0.3 is 0 Å². The minimum atomic E-state index is -0.382. The molecular formula is C13H27ClN4O2. The van der Waals surface area contributed by atoms with Gasteiger partial charge in [-0.3, -0.25) is 9.59 Å². The molecule has 0 aromatic rings. The number of primary amides is 1. The quantitative estimate of drug-likeness (QED) is 0.498. The summed E-state index contributed by atoms with van der Waals surface area (Å²) in [6.07, 6.45) is 2.83. The topological polar surface area (TPSA) is 96.2 Å². The van der Waals surface area contributed by atoms with Gasteiger partial charge in [-0.05, 0) is 31.7 Å². The highest BCUT2D eigenvalue weighted by Crippen LogP contribution is 2.08. The summed E-state index contributed by atoms with van der Waals surface area (Å²) in [6, 6.07) is -0.0277. The SMILES string of the molecule is CC(C)CC(CNCC(N)=O)NC(=O)C1CCCN1.Cl. The zero-order valence-electron chi connectivity index (χ0n) is 12.3. The predicted octanol–water partition coefficient (Wildman–Crippen LogP) is -0.234. The van der Waals surface area contributed by atoms with Gasteiger partial charge in [0, 0.05) is 12.6 Å². The number of carbonyl (C=O) groups excluding carboxylic acids is 2. The van der Waals surface area contributed by atoms with Crippen molar-refractivity contribution in [2.24, 2.45) is 11.7 Å². The first kappa shape index (κ1) is 19.1. The number of hydrogen-bond acceptors (Lipinski definition) is 4. The summed E-state index contributed by atoms with van der Waals surface area (Å²) in [4.78, 5) is 22.7. The van der Waals surface area contributed by atoms with Gasteiger partial charge in [0.25, 0.3) is 0 Å². The Morgan fingerprint density at radius 3 is 2.60 bits per heavy atom. The summed E-state index contributed by atoms with van der Waals surface area (Å²) in [5, 5.41) is 9.21. The van der Waals surface area contributed by atoms with Gasteiger partial charge in [-0.15, -0.1) is 12.4 Å². The third-order valence-electron chi connectivity index (χ3n) is 3.17. The second-order valence-corrected chi connectivity index (χ2v) is 5.58. The first-order valence-electron chi connectivity index (χ1n) is 7.01. The van der Waals surface area contributed by atoms with Gasteiger partial charge in [-0.1, -0.05) is 13.8 Å². The fraction of sp³-hybridized carbons (Fsp3) is 0.846. The van der Waals surface area contributed by atoms with E-state index in [2.05, 4.69) is 29.8 Å². The fourth-order valence-corrected chi connectivity index (χ4v) is 2.34. The Morgan fingerprint density at radius 1 is 1.40 bits per heavy atom. The van der Waals surface area contributed by atoms with Crippen molar-refractivity contribution in [1.29, 1.82) is 0 Å². The lowest BCUT2D eigenvalue weighted by Gasteiger charge is -2.22. The van der Waals surface area contributed by atoms with Crippen molar-refractivity contribution < 1.29 is 9.59 Å². The maximum Gasteiger partial charge on any atom is 0.237 e. The second-order valence-electron chi connectivity index (χ2n) is 5.58. The van der Waals surface area contributed by atoms with Crippen LogP contribution in [0, 0.1) is 5.92 Å². The minimum Gasteiger partial charge on any atom is -0.369 e. The van der Waals surface area contributed by atoms with Crippen LogP contribution < -0.4 is 21.7 Å². The number of halogens is 1. The van der Waals surface area contributed by atoms with Crippen LogP contribution in [0.15, 0.2) is 0 Å². The van der Waals surface area contributed by atoms with Crippen LogP contribution in [-0.4, -0.2) is 43.5 Å². The molecule has 0 spiro atoms. The standard InChI is InChI=1S/C13H26N4O2.ClH/c1-9(2)6-10(7-15-8-12(14)18)17-13(19)11-4-3-5-16-11;/h9-11,15-16H,3-8H2,1-2H3,(H2,14,18)(H,17,19);1H. The Morgan fingerprint density at radius 2 is 2.10 bits per heavy atom. The van der Waals surface area contributed by atoms with Crippen LogP contribution >= 0.6 is 12.4 Å². The van der Waals surface area contributed by atoms with E-state index in [0.717, 1.165) is 25.8 Å². The van der Waals surface area contributed by atoms with Crippen molar-refractivity contribution in [2.45, 2.75) is 45.2 Å². The number of nitrogens with one attached hydrogen (secondary N) is 3. The molecule has 1 fully saturated rings. The molecule has 1 saturated heterocycles. The molecule has 0 aromatic carbocycles. The third kappa shape index (κ3) is 7.67. The van der Waals surface area contributed by atoms with Crippen LogP contribution in [0.25, 0.3) is 0 Å². The van der Waals surface area contributed by atoms with Gasteiger partial charge in [0.15, 0.2) is 0 Å². The van der Waals surface area contributed by atoms with Crippen LogP contribution in [-0.2, 0) is 9.59 Å². The average Bonchev–Trinajstić information content (AvgIpc) is 2.80. The first-order chi connectivity index (χ1) is 8.99. The largest absolute Gasteiger partial charge is 0.369 e. The van der Waals surface area contributed by atoms with Gasteiger partial charge in [-0.2, -0.15) is 0 Å². The van der Waals surface area contributed by atoms with Crippen molar-refractivity contribution >= 4 is 24.2 Å². The molecule has 2 atom stereocenters. The van der Waals surface area contributed by atoms with Crippen molar-refractivity contribution in [2.75, 3.05) is 19.6 Å². The molecule has 6 nitrogen and oxygen atoms in total. The Labute approximate surface area is 127 Å². The molecule has 1 aliphatic heterocycles. The van der Waals surface area contributed by atoms with Crippen LogP contribution in [0.2, 0.25) is 0 Å². The molecule has 5 N–H and O–H groups in total. The molecule has 1 rings (SSSR count). The summed E-state index contributed by atoms with van der Waals surface area (Å²) in [5.74, 6) is 0.160. The molecule has 2 unspecified atom stereocenters. The summed E-state index contributed by atoms with van der Waals surface area (Å²) in [5.41, 5.74) is 5.08. The first-order valence-corrected chi connectivity index (χ1v) is 7.01. The molecule has 0 saturated carbocycles. The maximum absolute atomic E-state index is 12.0. The molecule has 1 heterocycles. The normalized spacial score (nSPS) is 19.4. The summed E-state index contributed by atoms with van der Waals surface area (Å²) in [6.45, 7) is 5.85. The summed E-state index contributed by atoms with van der Waals surface area (Å²) in [7, 11) is 0. The van der Waals surface area contributed by atoms with Crippen LogP contribution in [0.4, 0.5) is 0 Å². The highest BCUT2D eigenvalue weighted by Gasteiger charge is 2.24. The van der Waals surface area contributed by atoms with E-state index in [4.69, 9.17) is 5.73 Å². The lowest BCUT2D eigenvalue weighted by molar-refractivity contribution is -0.123. The smallest absolute Gasteiger partial charge is 0.237 e. The molecule has 2 amide bonds. The molecule has 118 valence electrons. The van der Waals surface area contributed by atoms with Gasteiger partial charge in [0.1, 0.15) is 0 Å². The van der Waals surface area contributed by atoms with Crippen LogP contribution in [0.3, 0.4) is 0 Å². The number of carbonyl (C=O) groups is 2. The zero-order valence-corrected chi connectivity index (χ0v) is 13.1. The zero-order chi connectivity index (χ0) is 14.3. The average molecular weight is 307 g/mol. The number of rotatable bonds is 8. The molecule has 0 aliphatic carbocycles. The van der Waals surface area contributed by atoms with E-state index in [1.165, 1.54) is 0 Å². The maximum atomic E-state index is 12.0. The van der Waals surface area contributed by atoms with Gasteiger partial charge in [0.05, 0.1) is 12.6 Å². The Hall–Kier alpha value is -0.850. The van der Waals surface area contributed by atoms with Crippen molar-refractivity contribution in [3.8, 4) is 0 Å². The van der Waals surface area contributed by atoms with E-state index in [0.29, 0.717) is 12.5 Å². The molecular weight excluding hydrogens is 280 g/mol. The monoisotopic (exact) mass is 306 g/mol. The van der Waals surface area contributed by atoms with Gasteiger partial charge in [-0.25, -0.2) is 0 Å². The predicted molar refractivity (Wildman–Crippen MR) is 81.7 cm³/mol. The lowest BCUT2D eigenvalue weighted by Crippen LogP contribution is -2.49. The summed E-state index contributed by atoms with van der Waals surface area (Å²) >= 11 is 0. The Kier molecular flexibility index (Phi) is 9.54. The second kappa shape index (κ2) is 9.96. The van der Waals surface area contributed by atoms with E-state index in [1.54, 1.807) is 0 Å². The van der Waals surface area contributed by atoms with E-state index < -0.39 is 0 Å². The number of hydrogen-bond donors (Lipinski definition) is 4. The Bertz CT molecular complexity index is 307. The Balaban J connectivity index is 0.00000361. The molecule has 7 heteroatoms. The van der Waals surface area contributed by atoms with Gasteiger partial charge in [0.2, 0.25) is 11.8 Å². The minimum absolute atomic E-state index is 0. The van der Waals surface area contributed by atoms with Gasteiger partial charge < -0.3 is 21.7 Å². The fourth-order valence-electron chi connectivity index (χ4n) is 2.34. The molecule has 1 aliphatic rings. The van der Waals surface area contributed by atoms with Crippen molar-refractivity contribution in [1.82, 2.24) is 16.0 Å². The lowest BCUT2D eigenvalue weighted by atomic mass is 10.0.